The van der Waals surface area contributed by atoms with Gasteiger partial charge in [-0.25, -0.2) is 26.4 Å². The summed E-state index contributed by atoms with van der Waals surface area (Å²) in [5, 5.41) is 2.81. The average molecular weight is 531 g/mol. The quantitative estimate of drug-likeness (QED) is 0.474. The predicted octanol–water partition coefficient (Wildman–Crippen LogP) is 2.07. The molecule has 198 valence electrons. The van der Waals surface area contributed by atoms with Gasteiger partial charge < -0.3 is 10.2 Å². The van der Waals surface area contributed by atoms with Crippen LogP contribution in [0.15, 0.2) is 17.0 Å². The van der Waals surface area contributed by atoms with Gasteiger partial charge in [0.15, 0.2) is 17.5 Å². The Balaban J connectivity index is 1.41. The lowest BCUT2D eigenvalue weighted by atomic mass is 9.64. The zero-order valence-corrected chi connectivity index (χ0v) is 21.1. The first kappa shape index (κ1) is 26.4. The SMILES string of the molecule is C[C@@H]1CC(C)(C)C[C@@]2(C1)NC(=O)N(CC(=O)N1CCN(S(=O)(=O)c3ccc(F)c(F)c3F)CC1)C2=O. The van der Waals surface area contributed by atoms with Crippen molar-refractivity contribution in [3.8, 4) is 0 Å². The van der Waals surface area contributed by atoms with E-state index >= 15 is 0 Å². The molecule has 1 aromatic rings. The van der Waals surface area contributed by atoms with E-state index in [0.29, 0.717) is 25.0 Å². The van der Waals surface area contributed by atoms with Gasteiger partial charge in [-0.2, -0.15) is 4.31 Å². The van der Waals surface area contributed by atoms with E-state index in [1.165, 1.54) is 4.90 Å². The van der Waals surface area contributed by atoms with Crippen molar-refractivity contribution in [2.24, 2.45) is 11.3 Å². The van der Waals surface area contributed by atoms with Crippen LogP contribution in [0.4, 0.5) is 18.0 Å². The van der Waals surface area contributed by atoms with E-state index in [0.717, 1.165) is 15.6 Å². The maximum Gasteiger partial charge on any atom is 0.325 e. The molecule has 3 fully saturated rings. The van der Waals surface area contributed by atoms with E-state index in [-0.39, 0.29) is 37.5 Å². The molecule has 2 aliphatic heterocycles. The molecule has 13 heteroatoms. The normalized spacial score (nSPS) is 27.0. The molecule has 0 bridgehead atoms. The summed E-state index contributed by atoms with van der Waals surface area (Å²) in [5.41, 5.74) is -1.20. The van der Waals surface area contributed by atoms with Gasteiger partial charge in [0, 0.05) is 26.2 Å². The Morgan fingerprint density at radius 1 is 1.06 bits per heavy atom. The van der Waals surface area contributed by atoms with Gasteiger partial charge in [-0.1, -0.05) is 20.8 Å². The molecule has 1 N–H and O–H groups in total. The third-order valence-electron chi connectivity index (χ3n) is 7.13. The van der Waals surface area contributed by atoms with Gasteiger partial charge in [-0.05, 0) is 42.7 Å². The minimum atomic E-state index is -4.47. The highest BCUT2D eigenvalue weighted by molar-refractivity contribution is 7.89. The fourth-order valence-electron chi connectivity index (χ4n) is 5.91. The lowest BCUT2D eigenvalue weighted by molar-refractivity contribution is -0.141. The number of piperazine rings is 1. The lowest BCUT2D eigenvalue weighted by Crippen LogP contribution is -2.55. The van der Waals surface area contributed by atoms with Crippen molar-refractivity contribution in [3.05, 3.63) is 29.6 Å². The van der Waals surface area contributed by atoms with Crippen LogP contribution in [0, 0.1) is 28.8 Å². The topological polar surface area (TPSA) is 107 Å². The Kier molecular flexibility index (Phi) is 6.61. The van der Waals surface area contributed by atoms with Crippen molar-refractivity contribution >= 4 is 27.9 Å². The van der Waals surface area contributed by atoms with Crippen molar-refractivity contribution in [3.63, 3.8) is 0 Å². The number of carbonyl (C=O) groups excluding carboxylic acids is 3. The van der Waals surface area contributed by atoms with Crippen LogP contribution in [0.1, 0.15) is 40.0 Å². The third kappa shape index (κ3) is 4.58. The van der Waals surface area contributed by atoms with Crippen LogP contribution in [0.25, 0.3) is 0 Å². The van der Waals surface area contributed by atoms with Crippen LogP contribution >= 0.6 is 0 Å². The number of carbonyl (C=O) groups is 3. The molecule has 0 unspecified atom stereocenters. The molecule has 2 heterocycles. The highest BCUT2D eigenvalue weighted by Crippen LogP contribution is 2.46. The van der Waals surface area contributed by atoms with E-state index in [1.54, 1.807) is 0 Å². The smallest absolute Gasteiger partial charge is 0.325 e. The molecule has 0 aromatic heterocycles. The number of halogens is 3. The van der Waals surface area contributed by atoms with E-state index in [2.05, 4.69) is 5.32 Å². The molecule has 2 saturated heterocycles. The second-order valence-corrected chi connectivity index (χ2v) is 12.6. The second kappa shape index (κ2) is 9.02. The number of hydrogen-bond donors (Lipinski definition) is 1. The van der Waals surface area contributed by atoms with Crippen LogP contribution in [-0.2, 0) is 19.6 Å². The zero-order valence-electron chi connectivity index (χ0n) is 20.3. The van der Waals surface area contributed by atoms with Gasteiger partial charge in [0.25, 0.3) is 5.91 Å². The maximum absolute atomic E-state index is 14.1. The average Bonchev–Trinajstić information content (AvgIpc) is 2.99. The molecule has 1 spiro atoms. The van der Waals surface area contributed by atoms with Crippen molar-refractivity contribution in [2.45, 2.75) is 50.5 Å². The van der Waals surface area contributed by atoms with Crippen LogP contribution in [0.3, 0.4) is 0 Å². The van der Waals surface area contributed by atoms with E-state index < -0.39 is 62.3 Å². The number of rotatable bonds is 4. The molecule has 36 heavy (non-hydrogen) atoms. The molecule has 1 saturated carbocycles. The first-order valence-electron chi connectivity index (χ1n) is 11.7. The molecule has 0 radical (unpaired) electrons. The molecular weight excluding hydrogens is 501 g/mol. The van der Waals surface area contributed by atoms with Gasteiger partial charge in [-0.15, -0.1) is 0 Å². The third-order valence-corrected chi connectivity index (χ3v) is 9.04. The molecule has 1 aromatic carbocycles. The highest BCUT2D eigenvalue weighted by Gasteiger charge is 2.56. The number of amides is 4. The zero-order chi connectivity index (χ0) is 26.6. The summed E-state index contributed by atoms with van der Waals surface area (Å²) in [5.74, 6) is -5.95. The summed E-state index contributed by atoms with van der Waals surface area (Å²) >= 11 is 0. The molecular formula is C23H29F3N4O5S. The number of nitrogens with one attached hydrogen (secondary N) is 1. The van der Waals surface area contributed by atoms with Crippen molar-refractivity contribution in [2.75, 3.05) is 32.7 Å². The molecule has 3 aliphatic rings. The van der Waals surface area contributed by atoms with Gasteiger partial charge in [0.05, 0.1) is 0 Å². The summed E-state index contributed by atoms with van der Waals surface area (Å²) in [7, 11) is -4.47. The van der Waals surface area contributed by atoms with Crippen molar-refractivity contribution in [1.82, 2.24) is 19.4 Å². The fourth-order valence-corrected chi connectivity index (χ4v) is 7.39. The molecule has 4 rings (SSSR count). The maximum atomic E-state index is 14.1. The summed E-state index contributed by atoms with van der Waals surface area (Å²) in [6, 6.07) is 0.555. The van der Waals surface area contributed by atoms with Gasteiger partial charge in [0.2, 0.25) is 15.9 Å². The standard InChI is InChI=1S/C23H29F3N4O5S/c1-14-10-22(2,3)13-23(11-14)20(32)30(21(33)27-23)12-17(31)28-6-8-29(9-7-28)36(34,35)16-5-4-15(24)18(25)19(16)26/h4-5,14H,6-13H2,1-3H3,(H,27,33)/t14-,23-/m1/s1. The summed E-state index contributed by atoms with van der Waals surface area (Å²) < 4.78 is 67.2. The van der Waals surface area contributed by atoms with Gasteiger partial charge >= 0.3 is 6.03 Å². The summed E-state index contributed by atoms with van der Waals surface area (Å²) in [4.78, 5) is 40.1. The molecule has 1 aliphatic carbocycles. The largest absolute Gasteiger partial charge is 0.338 e. The van der Waals surface area contributed by atoms with E-state index in [9.17, 15) is 36.0 Å². The Labute approximate surface area is 207 Å². The van der Waals surface area contributed by atoms with Gasteiger partial charge in [0.1, 0.15) is 17.0 Å². The van der Waals surface area contributed by atoms with Crippen LogP contribution in [0.5, 0.6) is 0 Å². The van der Waals surface area contributed by atoms with Crippen LogP contribution in [-0.4, -0.2) is 78.6 Å². The summed E-state index contributed by atoms with van der Waals surface area (Å²) in [6.45, 7) is 5.02. The monoisotopic (exact) mass is 530 g/mol. The Morgan fingerprint density at radius 3 is 2.31 bits per heavy atom. The number of sulfonamides is 1. The van der Waals surface area contributed by atoms with Gasteiger partial charge in [-0.3, -0.25) is 14.5 Å². The van der Waals surface area contributed by atoms with Crippen LogP contribution in [0.2, 0.25) is 0 Å². The van der Waals surface area contributed by atoms with Crippen molar-refractivity contribution < 1.29 is 36.0 Å². The summed E-state index contributed by atoms with van der Waals surface area (Å²) in [6.07, 6.45) is 1.87. The number of nitrogens with zero attached hydrogens (tertiary/aromatic N) is 3. The first-order valence-corrected chi connectivity index (χ1v) is 13.2. The van der Waals surface area contributed by atoms with E-state index in [4.69, 9.17) is 0 Å². The Bertz CT molecular complexity index is 1220. The minimum absolute atomic E-state index is 0.0811. The number of benzene rings is 1. The van der Waals surface area contributed by atoms with E-state index in [1.807, 2.05) is 20.8 Å². The Hall–Kier alpha value is -2.67. The first-order chi connectivity index (χ1) is 16.7. The highest BCUT2D eigenvalue weighted by atomic mass is 32.2. The van der Waals surface area contributed by atoms with Crippen molar-refractivity contribution in [1.29, 1.82) is 0 Å². The lowest BCUT2D eigenvalue weighted by Gasteiger charge is -2.43. The molecule has 9 nitrogen and oxygen atoms in total. The van der Waals surface area contributed by atoms with Crippen LogP contribution < -0.4 is 5.32 Å². The second-order valence-electron chi connectivity index (χ2n) is 10.7. The fraction of sp³-hybridized carbons (Fsp3) is 0.609. The number of imide groups is 1. The molecule has 4 amide bonds. The molecule has 2 atom stereocenters. The predicted molar refractivity (Wildman–Crippen MR) is 121 cm³/mol. The Morgan fingerprint density at radius 2 is 1.69 bits per heavy atom. The number of hydrogen-bond acceptors (Lipinski definition) is 5. The minimum Gasteiger partial charge on any atom is -0.338 e. The number of urea groups is 1.